The number of nitrogens with zero attached hydrogens (tertiary/aromatic N) is 3. The second-order valence-corrected chi connectivity index (χ2v) is 8.07. The molecule has 0 bridgehead atoms. The Morgan fingerprint density at radius 2 is 1.86 bits per heavy atom. The van der Waals surface area contributed by atoms with Crippen LogP contribution in [0.4, 0.5) is 0 Å². The molecule has 0 saturated carbocycles. The largest absolute Gasteiger partial charge is 0.337 e. The molecular weight excluding hydrogens is 326 g/mol. The molecule has 0 N–H and O–H groups in total. The second kappa shape index (κ2) is 5.98. The molecule has 8 heteroatoms. The third kappa shape index (κ3) is 3.31. The van der Waals surface area contributed by atoms with Gasteiger partial charge in [0.15, 0.2) is 9.84 Å². The molecule has 1 saturated heterocycles. The van der Waals surface area contributed by atoms with E-state index in [4.69, 9.17) is 16.1 Å². The zero-order valence-corrected chi connectivity index (χ0v) is 13.6. The maximum absolute atomic E-state index is 11.5. The van der Waals surface area contributed by atoms with Crippen molar-refractivity contribution in [2.75, 3.05) is 24.6 Å². The summed E-state index contributed by atoms with van der Waals surface area (Å²) < 4.78 is 28.3. The molecule has 0 amide bonds. The van der Waals surface area contributed by atoms with Crippen molar-refractivity contribution in [3.05, 3.63) is 35.2 Å². The van der Waals surface area contributed by atoms with E-state index in [2.05, 4.69) is 10.1 Å². The van der Waals surface area contributed by atoms with Crippen LogP contribution in [0.5, 0.6) is 0 Å². The van der Waals surface area contributed by atoms with Gasteiger partial charge in [-0.05, 0) is 31.2 Å². The third-order valence-corrected chi connectivity index (χ3v) is 5.69. The van der Waals surface area contributed by atoms with E-state index in [1.807, 2.05) is 24.0 Å². The number of benzene rings is 1. The number of sulfone groups is 1. The fourth-order valence-electron chi connectivity index (χ4n) is 2.39. The zero-order valence-electron chi connectivity index (χ0n) is 12.1. The van der Waals surface area contributed by atoms with Crippen molar-refractivity contribution in [1.29, 1.82) is 0 Å². The third-order valence-electron chi connectivity index (χ3n) is 3.83. The molecule has 1 atom stereocenters. The molecule has 118 valence electrons. The van der Waals surface area contributed by atoms with E-state index < -0.39 is 9.84 Å². The predicted molar refractivity (Wildman–Crippen MR) is 83.4 cm³/mol. The highest BCUT2D eigenvalue weighted by atomic mass is 35.5. The van der Waals surface area contributed by atoms with Gasteiger partial charge >= 0.3 is 0 Å². The summed E-state index contributed by atoms with van der Waals surface area (Å²) in [6, 6.07) is 7.09. The lowest BCUT2D eigenvalue weighted by Crippen LogP contribution is -2.41. The average Bonchev–Trinajstić information content (AvgIpc) is 2.97. The van der Waals surface area contributed by atoms with Gasteiger partial charge in [0.25, 0.3) is 0 Å². The number of hydrogen-bond donors (Lipinski definition) is 0. The van der Waals surface area contributed by atoms with Crippen molar-refractivity contribution < 1.29 is 12.9 Å². The molecule has 1 aromatic heterocycles. The van der Waals surface area contributed by atoms with Crippen molar-refractivity contribution >= 4 is 21.4 Å². The number of hydrogen-bond acceptors (Lipinski definition) is 6. The minimum absolute atomic E-state index is 0.107. The van der Waals surface area contributed by atoms with Crippen LogP contribution in [0.3, 0.4) is 0 Å². The van der Waals surface area contributed by atoms with Crippen LogP contribution < -0.4 is 0 Å². The molecule has 1 aliphatic heterocycles. The van der Waals surface area contributed by atoms with Crippen molar-refractivity contribution in [2.24, 2.45) is 0 Å². The summed E-state index contributed by atoms with van der Waals surface area (Å²) in [6.45, 7) is 2.92. The van der Waals surface area contributed by atoms with Crippen LogP contribution in [0.2, 0.25) is 5.02 Å². The average molecular weight is 342 g/mol. The van der Waals surface area contributed by atoms with Gasteiger partial charge in [0.1, 0.15) is 0 Å². The normalized spacial score (nSPS) is 19.9. The van der Waals surface area contributed by atoms with Gasteiger partial charge in [0.05, 0.1) is 17.5 Å². The predicted octanol–water partition coefficient (Wildman–Crippen LogP) is 2.18. The maximum Gasteiger partial charge on any atom is 0.244 e. The van der Waals surface area contributed by atoms with Crippen LogP contribution in [0.1, 0.15) is 18.9 Å². The van der Waals surface area contributed by atoms with Crippen molar-refractivity contribution in [1.82, 2.24) is 15.0 Å². The Hall–Kier alpha value is -1.44. The first-order valence-electron chi connectivity index (χ1n) is 6.99. The second-order valence-electron chi connectivity index (χ2n) is 5.33. The van der Waals surface area contributed by atoms with Gasteiger partial charge in [-0.1, -0.05) is 16.8 Å². The standard InChI is InChI=1S/C14H16ClN3O3S/c1-10(18-6-8-22(19,20)9-7-18)14-16-13(17-21-14)11-2-4-12(15)5-3-11/h2-5,10H,6-9H2,1H3/t10-/m1/s1. The van der Waals surface area contributed by atoms with Gasteiger partial charge in [-0.2, -0.15) is 4.98 Å². The molecule has 0 unspecified atom stereocenters. The number of rotatable bonds is 3. The van der Waals surface area contributed by atoms with E-state index in [1.54, 1.807) is 12.1 Å². The highest BCUT2D eigenvalue weighted by Crippen LogP contribution is 2.24. The Labute approximate surface area is 134 Å². The summed E-state index contributed by atoms with van der Waals surface area (Å²) in [7, 11) is -2.89. The quantitative estimate of drug-likeness (QED) is 0.851. The summed E-state index contributed by atoms with van der Waals surface area (Å²) in [6.07, 6.45) is 0. The first-order chi connectivity index (χ1) is 10.4. The van der Waals surface area contributed by atoms with Gasteiger partial charge in [0, 0.05) is 23.7 Å². The molecule has 1 aromatic carbocycles. The Kier molecular flexibility index (Phi) is 4.20. The van der Waals surface area contributed by atoms with Crippen LogP contribution in [0, 0.1) is 0 Å². The Morgan fingerprint density at radius 1 is 1.23 bits per heavy atom. The molecule has 3 rings (SSSR count). The van der Waals surface area contributed by atoms with E-state index in [0.717, 1.165) is 5.56 Å². The van der Waals surface area contributed by atoms with E-state index in [1.165, 1.54) is 0 Å². The fourth-order valence-corrected chi connectivity index (χ4v) is 3.75. The van der Waals surface area contributed by atoms with E-state index in [-0.39, 0.29) is 17.5 Å². The topological polar surface area (TPSA) is 76.3 Å². The molecule has 2 aromatic rings. The molecule has 2 heterocycles. The van der Waals surface area contributed by atoms with Crippen molar-refractivity contribution in [3.8, 4) is 11.4 Å². The summed E-state index contributed by atoms with van der Waals surface area (Å²) >= 11 is 5.86. The van der Waals surface area contributed by atoms with Gasteiger partial charge in [-0.15, -0.1) is 0 Å². The van der Waals surface area contributed by atoms with Crippen LogP contribution in [0.15, 0.2) is 28.8 Å². The van der Waals surface area contributed by atoms with Crippen molar-refractivity contribution in [2.45, 2.75) is 13.0 Å². The Morgan fingerprint density at radius 3 is 2.50 bits per heavy atom. The molecular formula is C14H16ClN3O3S. The summed E-state index contributed by atoms with van der Waals surface area (Å²) in [5.41, 5.74) is 0.827. The smallest absolute Gasteiger partial charge is 0.244 e. The first-order valence-corrected chi connectivity index (χ1v) is 9.18. The lowest BCUT2D eigenvalue weighted by atomic mass is 10.2. The zero-order chi connectivity index (χ0) is 15.7. The Balaban J connectivity index is 1.74. The van der Waals surface area contributed by atoms with E-state index >= 15 is 0 Å². The molecule has 0 spiro atoms. The lowest BCUT2D eigenvalue weighted by molar-refractivity contribution is 0.186. The van der Waals surface area contributed by atoms with Gasteiger partial charge in [-0.25, -0.2) is 8.42 Å². The highest BCUT2D eigenvalue weighted by molar-refractivity contribution is 7.91. The van der Waals surface area contributed by atoms with Crippen LogP contribution >= 0.6 is 11.6 Å². The number of halogens is 1. The highest BCUT2D eigenvalue weighted by Gasteiger charge is 2.28. The van der Waals surface area contributed by atoms with Crippen LogP contribution in [0.25, 0.3) is 11.4 Å². The molecule has 0 radical (unpaired) electrons. The minimum atomic E-state index is -2.89. The van der Waals surface area contributed by atoms with Gasteiger partial charge in [-0.3, -0.25) is 4.90 Å². The minimum Gasteiger partial charge on any atom is -0.337 e. The van der Waals surface area contributed by atoms with E-state index in [0.29, 0.717) is 29.8 Å². The molecule has 6 nitrogen and oxygen atoms in total. The first kappa shape index (κ1) is 15.5. The van der Waals surface area contributed by atoms with Gasteiger partial charge in [0.2, 0.25) is 11.7 Å². The summed E-state index contributed by atoms with van der Waals surface area (Å²) in [5, 5.41) is 4.63. The maximum atomic E-state index is 11.5. The fraction of sp³-hybridized carbons (Fsp3) is 0.429. The molecule has 0 aliphatic carbocycles. The number of aromatic nitrogens is 2. The monoisotopic (exact) mass is 341 g/mol. The van der Waals surface area contributed by atoms with Crippen molar-refractivity contribution in [3.63, 3.8) is 0 Å². The lowest BCUT2D eigenvalue weighted by Gasteiger charge is -2.29. The molecule has 1 fully saturated rings. The molecule has 1 aliphatic rings. The van der Waals surface area contributed by atoms with Crippen LogP contribution in [-0.2, 0) is 9.84 Å². The molecule has 22 heavy (non-hydrogen) atoms. The van der Waals surface area contributed by atoms with Crippen LogP contribution in [-0.4, -0.2) is 48.1 Å². The van der Waals surface area contributed by atoms with E-state index in [9.17, 15) is 8.42 Å². The Bertz CT molecular complexity index is 744. The SMILES string of the molecule is C[C@H](c1nc(-c2ccc(Cl)cc2)no1)N1CCS(=O)(=O)CC1. The van der Waals surface area contributed by atoms with Gasteiger partial charge < -0.3 is 4.52 Å². The summed E-state index contributed by atoms with van der Waals surface area (Å²) in [5.74, 6) is 1.35. The summed E-state index contributed by atoms with van der Waals surface area (Å²) in [4.78, 5) is 6.45.